The van der Waals surface area contributed by atoms with E-state index in [0.717, 1.165) is 25.7 Å². The lowest BCUT2D eigenvalue weighted by Gasteiger charge is -2.28. The minimum absolute atomic E-state index is 0.136. The van der Waals surface area contributed by atoms with E-state index in [1.54, 1.807) is 0 Å². The monoisotopic (exact) mass is 230 g/mol. The van der Waals surface area contributed by atoms with Gasteiger partial charge in [0.1, 0.15) is 5.60 Å². The fraction of sp³-hybridized carbons (Fsp3) is 0.909. The fourth-order valence-corrected chi connectivity index (χ4v) is 1.82. The molecule has 0 aliphatic heterocycles. The molecule has 1 rings (SSSR count). The van der Waals surface area contributed by atoms with Crippen LogP contribution < -0.4 is 11.2 Å². The Labute approximate surface area is 96.6 Å². The second-order valence-corrected chi connectivity index (χ2v) is 5.26. The van der Waals surface area contributed by atoms with Crippen LogP contribution >= 0.6 is 0 Å². The number of hydrogen-bond acceptors (Lipinski definition) is 4. The van der Waals surface area contributed by atoms with Crippen LogP contribution in [0.5, 0.6) is 0 Å². The Morgan fingerprint density at radius 2 is 1.81 bits per heavy atom. The van der Waals surface area contributed by atoms with Crippen LogP contribution in [0.1, 0.15) is 46.5 Å². The van der Waals surface area contributed by atoms with Crippen molar-refractivity contribution < 1.29 is 14.4 Å². The Bertz CT molecular complexity index is 230. The first-order valence-electron chi connectivity index (χ1n) is 5.76. The van der Waals surface area contributed by atoms with Crippen LogP contribution in [0.2, 0.25) is 0 Å². The summed E-state index contributed by atoms with van der Waals surface area (Å²) in [5.41, 5.74) is -0.443. The van der Waals surface area contributed by atoms with Gasteiger partial charge in [-0.1, -0.05) is 0 Å². The van der Waals surface area contributed by atoms with E-state index in [1.807, 2.05) is 20.8 Å². The van der Waals surface area contributed by atoms with Crippen molar-refractivity contribution in [3.63, 3.8) is 0 Å². The smallest absolute Gasteiger partial charge is 0.407 e. The quantitative estimate of drug-likeness (QED) is 0.708. The molecule has 0 aromatic carbocycles. The van der Waals surface area contributed by atoms with Gasteiger partial charge in [-0.05, 0) is 46.5 Å². The molecule has 1 fully saturated rings. The molecule has 0 radical (unpaired) electrons. The second kappa shape index (κ2) is 5.50. The predicted octanol–water partition coefficient (Wildman–Crippen LogP) is 1.71. The van der Waals surface area contributed by atoms with Crippen LogP contribution in [0.4, 0.5) is 4.79 Å². The molecule has 3 N–H and O–H groups in total. The summed E-state index contributed by atoms with van der Waals surface area (Å²) in [6.07, 6.45) is 3.34. The van der Waals surface area contributed by atoms with Crippen LogP contribution in [0.15, 0.2) is 0 Å². The second-order valence-electron chi connectivity index (χ2n) is 5.26. The Morgan fingerprint density at radius 3 is 2.25 bits per heavy atom. The molecule has 5 heteroatoms. The molecule has 1 aliphatic rings. The standard InChI is InChI=1S/C11H22N2O3/c1-11(2,3)15-10(14)13-8-4-6-9(16-12)7-5-8/h8-9H,4-7,12H2,1-3H3,(H,13,14)/t8-,9+. The van der Waals surface area contributed by atoms with Crippen LogP contribution in [0.25, 0.3) is 0 Å². The summed E-state index contributed by atoms with van der Waals surface area (Å²) in [6, 6.07) is 0.182. The Morgan fingerprint density at radius 1 is 1.25 bits per heavy atom. The first-order valence-corrected chi connectivity index (χ1v) is 5.76. The van der Waals surface area contributed by atoms with Gasteiger partial charge in [0.15, 0.2) is 0 Å². The Hall–Kier alpha value is -0.810. The number of rotatable bonds is 2. The third-order valence-electron chi connectivity index (χ3n) is 2.59. The lowest BCUT2D eigenvalue weighted by molar-refractivity contribution is 0.0174. The maximum absolute atomic E-state index is 11.5. The number of ether oxygens (including phenoxy) is 1. The molecule has 0 spiro atoms. The summed E-state index contributed by atoms with van der Waals surface area (Å²) >= 11 is 0. The molecule has 16 heavy (non-hydrogen) atoms. The average Bonchev–Trinajstić information content (AvgIpc) is 2.16. The van der Waals surface area contributed by atoms with E-state index in [2.05, 4.69) is 5.32 Å². The number of carbonyl (C=O) groups excluding carboxylic acids is 1. The molecule has 5 nitrogen and oxygen atoms in total. The molecule has 0 aromatic rings. The van der Waals surface area contributed by atoms with Crippen LogP contribution in [-0.4, -0.2) is 23.8 Å². The van der Waals surface area contributed by atoms with Crippen molar-refractivity contribution in [1.82, 2.24) is 5.32 Å². The van der Waals surface area contributed by atoms with Gasteiger partial charge in [0.25, 0.3) is 0 Å². The topological polar surface area (TPSA) is 73.6 Å². The summed E-state index contributed by atoms with van der Waals surface area (Å²) in [5.74, 6) is 5.12. The number of carbonyl (C=O) groups is 1. The van der Waals surface area contributed by atoms with Crippen molar-refractivity contribution >= 4 is 6.09 Å². The zero-order chi connectivity index (χ0) is 12.2. The summed E-state index contributed by atoms with van der Waals surface area (Å²) in [5, 5.41) is 2.86. The van der Waals surface area contributed by atoms with Gasteiger partial charge in [-0.25, -0.2) is 10.7 Å². The summed E-state index contributed by atoms with van der Waals surface area (Å²) in [4.78, 5) is 16.3. The lowest BCUT2D eigenvalue weighted by atomic mass is 9.93. The van der Waals surface area contributed by atoms with E-state index in [-0.39, 0.29) is 18.2 Å². The molecule has 1 amide bonds. The summed E-state index contributed by atoms with van der Waals surface area (Å²) in [6.45, 7) is 5.56. The number of hydrogen-bond donors (Lipinski definition) is 2. The number of nitrogens with two attached hydrogens (primary N) is 1. The first-order chi connectivity index (χ1) is 7.40. The molecule has 0 aromatic heterocycles. The molecule has 1 saturated carbocycles. The van der Waals surface area contributed by atoms with Gasteiger partial charge in [-0.2, -0.15) is 0 Å². The van der Waals surface area contributed by atoms with E-state index >= 15 is 0 Å². The molecule has 0 bridgehead atoms. The highest BCUT2D eigenvalue weighted by atomic mass is 16.6. The number of alkyl carbamates (subject to hydrolysis) is 1. The van der Waals surface area contributed by atoms with Gasteiger partial charge >= 0.3 is 6.09 Å². The number of amides is 1. The summed E-state index contributed by atoms with van der Waals surface area (Å²) in [7, 11) is 0. The highest BCUT2D eigenvalue weighted by Crippen LogP contribution is 2.20. The predicted molar refractivity (Wildman–Crippen MR) is 60.7 cm³/mol. The molecule has 0 saturated heterocycles. The zero-order valence-electron chi connectivity index (χ0n) is 10.3. The lowest BCUT2D eigenvalue weighted by Crippen LogP contribution is -2.42. The van der Waals surface area contributed by atoms with Crippen molar-refractivity contribution in [2.75, 3.05) is 0 Å². The van der Waals surface area contributed by atoms with Gasteiger partial charge in [-0.15, -0.1) is 0 Å². The molecule has 0 heterocycles. The van der Waals surface area contributed by atoms with Gasteiger partial charge in [0, 0.05) is 6.04 Å². The molecule has 94 valence electrons. The van der Waals surface area contributed by atoms with Crippen molar-refractivity contribution in [2.24, 2.45) is 5.90 Å². The summed E-state index contributed by atoms with van der Waals surface area (Å²) < 4.78 is 5.19. The first kappa shape index (κ1) is 13.3. The van der Waals surface area contributed by atoms with Crippen molar-refractivity contribution in [3.05, 3.63) is 0 Å². The van der Waals surface area contributed by atoms with Crippen LogP contribution in [-0.2, 0) is 9.57 Å². The normalized spacial score (nSPS) is 26.2. The third kappa shape index (κ3) is 4.81. The molecule has 0 unspecified atom stereocenters. The van der Waals surface area contributed by atoms with Gasteiger partial charge in [-0.3, -0.25) is 0 Å². The van der Waals surface area contributed by atoms with Gasteiger partial charge in [0.05, 0.1) is 6.10 Å². The number of nitrogens with one attached hydrogen (secondary N) is 1. The van der Waals surface area contributed by atoms with E-state index < -0.39 is 5.60 Å². The van der Waals surface area contributed by atoms with E-state index in [1.165, 1.54) is 0 Å². The van der Waals surface area contributed by atoms with Crippen LogP contribution in [0, 0.1) is 0 Å². The van der Waals surface area contributed by atoms with Gasteiger partial charge < -0.3 is 14.9 Å². The highest BCUT2D eigenvalue weighted by molar-refractivity contribution is 5.68. The van der Waals surface area contributed by atoms with E-state index in [0.29, 0.717) is 0 Å². The SMILES string of the molecule is CC(C)(C)OC(=O)N[C@H]1CC[C@@H](ON)CC1. The van der Waals surface area contributed by atoms with E-state index in [4.69, 9.17) is 15.5 Å². The molecular weight excluding hydrogens is 208 g/mol. The molecular formula is C11H22N2O3. The fourth-order valence-electron chi connectivity index (χ4n) is 1.82. The third-order valence-corrected chi connectivity index (χ3v) is 2.59. The maximum Gasteiger partial charge on any atom is 0.407 e. The largest absolute Gasteiger partial charge is 0.444 e. The van der Waals surface area contributed by atoms with Crippen molar-refractivity contribution in [1.29, 1.82) is 0 Å². The zero-order valence-corrected chi connectivity index (χ0v) is 10.3. The average molecular weight is 230 g/mol. The minimum Gasteiger partial charge on any atom is -0.444 e. The maximum atomic E-state index is 11.5. The van der Waals surface area contributed by atoms with E-state index in [9.17, 15) is 4.79 Å². The molecule has 1 aliphatic carbocycles. The Balaban J connectivity index is 2.26. The Kier molecular flexibility index (Phi) is 4.56. The van der Waals surface area contributed by atoms with Crippen molar-refractivity contribution in [2.45, 2.75) is 64.2 Å². The van der Waals surface area contributed by atoms with Gasteiger partial charge in [0.2, 0.25) is 0 Å². The highest BCUT2D eigenvalue weighted by Gasteiger charge is 2.24. The van der Waals surface area contributed by atoms with Crippen molar-refractivity contribution in [3.8, 4) is 0 Å². The van der Waals surface area contributed by atoms with Crippen LogP contribution in [0.3, 0.4) is 0 Å². The minimum atomic E-state index is -0.443. The molecule has 0 atom stereocenters.